The minimum absolute atomic E-state index is 0.238. The zero-order valence-electron chi connectivity index (χ0n) is 20.4. The molecule has 4 aromatic carbocycles. The Hall–Kier alpha value is -4.98. The van der Waals surface area contributed by atoms with Crippen LogP contribution in [0.25, 0.3) is 0 Å². The van der Waals surface area contributed by atoms with Crippen molar-refractivity contribution in [3.05, 3.63) is 103 Å². The molecule has 2 amide bonds. The Bertz CT molecular complexity index is 1360. The van der Waals surface area contributed by atoms with Crippen molar-refractivity contribution in [3.63, 3.8) is 0 Å². The van der Waals surface area contributed by atoms with Crippen LogP contribution in [0.3, 0.4) is 0 Å². The number of hydrogen-bond acceptors (Lipinski definition) is 6. The Morgan fingerprint density at radius 1 is 0.676 bits per heavy atom. The van der Waals surface area contributed by atoms with E-state index in [0.717, 1.165) is 0 Å². The molecular formula is C29H26N2O6. The van der Waals surface area contributed by atoms with Crippen molar-refractivity contribution in [2.45, 2.75) is 0 Å². The molecule has 2 N–H and O–H groups in total. The maximum absolute atomic E-state index is 13.0. The predicted octanol–water partition coefficient (Wildman–Crippen LogP) is 5.77. The van der Waals surface area contributed by atoms with Gasteiger partial charge in [0.2, 0.25) is 0 Å². The number of anilines is 2. The van der Waals surface area contributed by atoms with E-state index in [2.05, 4.69) is 10.6 Å². The quantitative estimate of drug-likeness (QED) is 0.288. The Kier molecular flexibility index (Phi) is 8.23. The molecule has 0 saturated heterocycles. The van der Waals surface area contributed by atoms with Crippen molar-refractivity contribution >= 4 is 23.2 Å². The first-order valence-corrected chi connectivity index (χ1v) is 11.4. The molecule has 37 heavy (non-hydrogen) atoms. The molecule has 0 aromatic heterocycles. The molecule has 0 bridgehead atoms. The lowest BCUT2D eigenvalue weighted by Crippen LogP contribution is -2.20. The summed E-state index contributed by atoms with van der Waals surface area (Å²) in [6, 6.07) is 28.1. The second-order valence-corrected chi connectivity index (χ2v) is 7.80. The Balaban J connectivity index is 1.39. The molecule has 0 radical (unpaired) electrons. The number of benzene rings is 4. The summed E-state index contributed by atoms with van der Waals surface area (Å²) in [5, 5.41) is 5.61. The lowest BCUT2D eigenvalue weighted by atomic mass is 10.1. The lowest BCUT2D eigenvalue weighted by molar-refractivity contribution is -0.118. The van der Waals surface area contributed by atoms with Crippen molar-refractivity contribution in [2.75, 3.05) is 31.5 Å². The fraction of sp³-hybridized carbons (Fsp3) is 0.103. The molecule has 8 heteroatoms. The van der Waals surface area contributed by atoms with Crippen molar-refractivity contribution in [1.29, 1.82) is 0 Å². The molecule has 0 heterocycles. The first kappa shape index (κ1) is 25.1. The largest absolute Gasteiger partial charge is 0.497 e. The number of methoxy groups -OCH3 is 2. The minimum Gasteiger partial charge on any atom is -0.497 e. The number of hydrogen-bond donors (Lipinski definition) is 2. The van der Waals surface area contributed by atoms with E-state index in [1.165, 1.54) is 7.11 Å². The number of carbonyl (C=O) groups is 2. The highest BCUT2D eigenvalue weighted by atomic mass is 16.5. The molecule has 0 saturated carbocycles. The fourth-order valence-corrected chi connectivity index (χ4v) is 3.41. The average molecular weight is 499 g/mol. The van der Waals surface area contributed by atoms with Gasteiger partial charge in [-0.25, -0.2) is 0 Å². The number of carbonyl (C=O) groups excluding carboxylic acids is 2. The van der Waals surface area contributed by atoms with Crippen molar-refractivity contribution < 1.29 is 28.5 Å². The van der Waals surface area contributed by atoms with Gasteiger partial charge in [-0.1, -0.05) is 30.3 Å². The Labute approximate surface area is 214 Å². The van der Waals surface area contributed by atoms with Gasteiger partial charge in [0.15, 0.2) is 23.9 Å². The number of ether oxygens (including phenoxy) is 4. The standard InChI is InChI=1S/C29H26N2O6/c1-34-22-15-13-21(14-16-22)30-28(32)19-36-26-17-12-20(18-27(26)35-2)29(33)31-24-10-6-7-11-25(24)37-23-8-4-3-5-9-23/h3-18H,19H2,1-2H3,(H,30,32)(H,31,33). The van der Waals surface area contributed by atoms with Gasteiger partial charge in [0.05, 0.1) is 19.9 Å². The summed E-state index contributed by atoms with van der Waals surface area (Å²) in [4.78, 5) is 25.3. The number of rotatable bonds is 10. The monoisotopic (exact) mass is 498 g/mol. The molecule has 188 valence electrons. The van der Waals surface area contributed by atoms with Crippen LogP contribution in [0, 0.1) is 0 Å². The third-order valence-corrected chi connectivity index (χ3v) is 5.26. The normalized spacial score (nSPS) is 10.2. The Morgan fingerprint density at radius 3 is 2.14 bits per heavy atom. The van der Waals surface area contributed by atoms with E-state index in [1.54, 1.807) is 61.7 Å². The van der Waals surface area contributed by atoms with Gasteiger partial charge in [-0.2, -0.15) is 0 Å². The average Bonchev–Trinajstić information content (AvgIpc) is 2.94. The van der Waals surface area contributed by atoms with Crippen molar-refractivity contribution in [3.8, 4) is 28.7 Å². The van der Waals surface area contributed by atoms with Crippen LogP contribution in [0.5, 0.6) is 28.7 Å². The lowest BCUT2D eigenvalue weighted by Gasteiger charge is -2.14. The van der Waals surface area contributed by atoms with E-state index in [1.807, 2.05) is 42.5 Å². The second kappa shape index (κ2) is 12.1. The summed E-state index contributed by atoms with van der Waals surface area (Å²) in [5.74, 6) is 1.81. The molecule has 4 aromatic rings. The molecule has 0 aliphatic heterocycles. The SMILES string of the molecule is COc1ccc(NC(=O)COc2ccc(C(=O)Nc3ccccc3Oc3ccccc3)cc2OC)cc1. The zero-order valence-corrected chi connectivity index (χ0v) is 20.4. The van der Waals surface area contributed by atoms with Crippen LogP contribution in [0.4, 0.5) is 11.4 Å². The van der Waals surface area contributed by atoms with Crippen LogP contribution < -0.4 is 29.6 Å². The van der Waals surface area contributed by atoms with E-state index >= 15 is 0 Å². The molecule has 0 fully saturated rings. The second-order valence-electron chi connectivity index (χ2n) is 7.80. The van der Waals surface area contributed by atoms with Gasteiger partial charge in [0, 0.05) is 11.3 Å². The topological polar surface area (TPSA) is 95.1 Å². The third-order valence-electron chi connectivity index (χ3n) is 5.26. The minimum atomic E-state index is -0.355. The van der Waals surface area contributed by atoms with Crippen LogP contribution in [0.15, 0.2) is 97.1 Å². The first-order chi connectivity index (χ1) is 18.1. The van der Waals surface area contributed by atoms with Gasteiger partial charge >= 0.3 is 0 Å². The highest BCUT2D eigenvalue weighted by molar-refractivity contribution is 6.05. The number of nitrogens with one attached hydrogen (secondary N) is 2. The molecule has 0 unspecified atom stereocenters. The predicted molar refractivity (Wildman–Crippen MR) is 141 cm³/mol. The molecule has 4 rings (SSSR count). The molecule has 0 aliphatic carbocycles. The maximum Gasteiger partial charge on any atom is 0.262 e. The van der Waals surface area contributed by atoms with E-state index in [-0.39, 0.29) is 18.4 Å². The van der Waals surface area contributed by atoms with Gasteiger partial charge in [-0.15, -0.1) is 0 Å². The van der Waals surface area contributed by atoms with Crippen molar-refractivity contribution in [2.24, 2.45) is 0 Å². The number of amides is 2. The van der Waals surface area contributed by atoms with Crippen LogP contribution in [0.1, 0.15) is 10.4 Å². The van der Waals surface area contributed by atoms with Crippen LogP contribution in [-0.2, 0) is 4.79 Å². The van der Waals surface area contributed by atoms with Crippen LogP contribution in [0.2, 0.25) is 0 Å². The van der Waals surface area contributed by atoms with Gasteiger partial charge in [0.1, 0.15) is 11.5 Å². The number of para-hydroxylation sites is 3. The summed E-state index contributed by atoms with van der Waals surface area (Å²) < 4.78 is 22.0. The van der Waals surface area contributed by atoms with E-state index < -0.39 is 0 Å². The first-order valence-electron chi connectivity index (χ1n) is 11.4. The highest BCUT2D eigenvalue weighted by Gasteiger charge is 2.15. The maximum atomic E-state index is 13.0. The molecule has 0 atom stereocenters. The summed E-state index contributed by atoms with van der Waals surface area (Å²) in [6.07, 6.45) is 0. The third kappa shape index (κ3) is 6.79. The highest BCUT2D eigenvalue weighted by Crippen LogP contribution is 2.31. The molecule has 8 nitrogen and oxygen atoms in total. The Morgan fingerprint density at radius 2 is 1.41 bits per heavy atom. The van der Waals surface area contributed by atoms with E-state index in [4.69, 9.17) is 18.9 Å². The molecular weight excluding hydrogens is 472 g/mol. The van der Waals surface area contributed by atoms with E-state index in [9.17, 15) is 9.59 Å². The van der Waals surface area contributed by atoms with Crippen molar-refractivity contribution in [1.82, 2.24) is 0 Å². The molecule has 0 spiro atoms. The van der Waals surface area contributed by atoms with Gasteiger partial charge in [-0.05, 0) is 66.7 Å². The van der Waals surface area contributed by atoms with Gasteiger partial charge in [0.25, 0.3) is 11.8 Å². The van der Waals surface area contributed by atoms with E-state index in [0.29, 0.717) is 45.7 Å². The summed E-state index contributed by atoms with van der Waals surface area (Å²) in [7, 11) is 3.04. The summed E-state index contributed by atoms with van der Waals surface area (Å²) in [6.45, 7) is -0.238. The zero-order chi connectivity index (χ0) is 26.0. The van der Waals surface area contributed by atoms with Crippen LogP contribution in [-0.4, -0.2) is 32.6 Å². The summed E-state index contributed by atoms with van der Waals surface area (Å²) >= 11 is 0. The molecule has 0 aliphatic rings. The fourth-order valence-electron chi connectivity index (χ4n) is 3.41. The van der Waals surface area contributed by atoms with Crippen LogP contribution >= 0.6 is 0 Å². The smallest absolute Gasteiger partial charge is 0.262 e. The van der Waals surface area contributed by atoms with Gasteiger partial charge in [-0.3, -0.25) is 9.59 Å². The summed E-state index contributed by atoms with van der Waals surface area (Å²) in [5.41, 5.74) is 1.48. The van der Waals surface area contributed by atoms with Gasteiger partial charge < -0.3 is 29.6 Å².